The smallest absolute Gasteiger partial charge is 0.407 e. The van der Waals surface area contributed by atoms with Gasteiger partial charge in [-0.25, -0.2) is 4.79 Å². The Morgan fingerprint density at radius 2 is 2.12 bits per heavy atom. The molecule has 5 nitrogen and oxygen atoms in total. The summed E-state index contributed by atoms with van der Waals surface area (Å²) in [6.07, 6.45) is 0.851. The first-order chi connectivity index (χ1) is 7.30. The number of nitrogens with one attached hydrogen (secondary N) is 1. The van der Waals surface area contributed by atoms with Crippen LogP contribution in [0.5, 0.6) is 0 Å². The number of rotatable bonds is 1. The summed E-state index contributed by atoms with van der Waals surface area (Å²) in [6.45, 7) is 5.91. The molecule has 2 aliphatic rings. The SMILES string of the molecule is CC(C)(C)OC(=O)[C@H]1C[C@]2(COC(=O)N2)C1. The lowest BCUT2D eigenvalue weighted by Crippen LogP contribution is -2.56. The van der Waals surface area contributed by atoms with Crippen molar-refractivity contribution in [3.05, 3.63) is 0 Å². The second kappa shape index (κ2) is 3.37. The van der Waals surface area contributed by atoms with E-state index in [2.05, 4.69) is 5.32 Å². The van der Waals surface area contributed by atoms with E-state index in [1.807, 2.05) is 20.8 Å². The van der Waals surface area contributed by atoms with E-state index in [0.29, 0.717) is 19.4 Å². The van der Waals surface area contributed by atoms with E-state index in [-0.39, 0.29) is 23.5 Å². The van der Waals surface area contributed by atoms with Crippen molar-refractivity contribution in [2.45, 2.75) is 44.8 Å². The third-order valence-corrected chi connectivity index (χ3v) is 2.86. The summed E-state index contributed by atoms with van der Waals surface area (Å²) in [5, 5.41) is 2.75. The molecule has 1 aliphatic carbocycles. The molecule has 1 saturated carbocycles. The van der Waals surface area contributed by atoms with Gasteiger partial charge in [0.25, 0.3) is 0 Å². The highest BCUT2D eigenvalue weighted by molar-refractivity contribution is 5.77. The zero-order valence-corrected chi connectivity index (χ0v) is 9.83. The quantitative estimate of drug-likeness (QED) is 0.684. The van der Waals surface area contributed by atoms with Gasteiger partial charge >= 0.3 is 12.1 Å². The molecule has 0 aromatic carbocycles. The standard InChI is InChI=1S/C11H17NO4/c1-10(2,3)16-8(13)7-4-11(5-7)6-15-9(14)12-11/h7H,4-6H2,1-3H3,(H,12,14)/t7-,11+. The monoisotopic (exact) mass is 227 g/mol. The van der Waals surface area contributed by atoms with Crippen LogP contribution in [0.2, 0.25) is 0 Å². The number of esters is 1. The largest absolute Gasteiger partial charge is 0.460 e. The van der Waals surface area contributed by atoms with Crippen molar-refractivity contribution < 1.29 is 19.1 Å². The summed E-state index contributed by atoms with van der Waals surface area (Å²) in [4.78, 5) is 22.6. The predicted octanol–water partition coefficient (Wildman–Crippen LogP) is 1.22. The summed E-state index contributed by atoms with van der Waals surface area (Å²) >= 11 is 0. The summed E-state index contributed by atoms with van der Waals surface area (Å²) in [5.41, 5.74) is -0.756. The van der Waals surface area contributed by atoms with Crippen LogP contribution < -0.4 is 5.32 Å². The Morgan fingerprint density at radius 1 is 1.50 bits per heavy atom. The van der Waals surface area contributed by atoms with Gasteiger partial charge < -0.3 is 14.8 Å². The Bertz CT molecular complexity index is 325. The van der Waals surface area contributed by atoms with Crippen molar-refractivity contribution in [3.63, 3.8) is 0 Å². The Balaban J connectivity index is 1.84. The van der Waals surface area contributed by atoms with Gasteiger partial charge in [-0.2, -0.15) is 0 Å². The van der Waals surface area contributed by atoms with Gasteiger partial charge in [0.2, 0.25) is 0 Å². The first-order valence-corrected chi connectivity index (χ1v) is 5.48. The molecule has 1 N–H and O–H groups in total. The van der Waals surface area contributed by atoms with E-state index in [4.69, 9.17) is 9.47 Å². The van der Waals surface area contributed by atoms with Crippen LogP contribution in [0.25, 0.3) is 0 Å². The van der Waals surface area contributed by atoms with E-state index >= 15 is 0 Å². The van der Waals surface area contributed by atoms with Crippen molar-refractivity contribution in [1.82, 2.24) is 5.32 Å². The highest BCUT2D eigenvalue weighted by Gasteiger charge is 2.53. The number of hydrogen-bond acceptors (Lipinski definition) is 4. The third kappa shape index (κ3) is 2.13. The molecule has 0 aromatic heterocycles. The van der Waals surface area contributed by atoms with Gasteiger partial charge in [0.05, 0.1) is 11.5 Å². The van der Waals surface area contributed by atoms with Crippen LogP contribution in [0.3, 0.4) is 0 Å². The summed E-state index contributed by atoms with van der Waals surface area (Å²) in [5.74, 6) is -0.291. The van der Waals surface area contributed by atoms with Gasteiger partial charge in [-0.1, -0.05) is 0 Å². The Kier molecular flexibility index (Phi) is 2.36. The van der Waals surface area contributed by atoms with Crippen molar-refractivity contribution >= 4 is 12.1 Å². The molecule has 1 aliphatic heterocycles. The number of hydrogen-bond donors (Lipinski definition) is 1. The summed E-state index contributed by atoms with van der Waals surface area (Å²) < 4.78 is 10.1. The highest BCUT2D eigenvalue weighted by atomic mass is 16.6. The van der Waals surface area contributed by atoms with Gasteiger partial charge in [0, 0.05) is 0 Å². The minimum absolute atomic E-state index is 0.110. The first kappa shape index (κ1) is 11.2. The molecule has 0 bridgehead atoms. The molecule has 0 unspecified atom stereocenters. The van der Waals surface area contributed by atoms with Crippen LogP contribution in [0.15, 0.2) is 0 Å². The molecule has 1 spiro atoms. The normalized spacial score (nSPS) is 32.9. The molecule has 1 saturated heterocycles. The zero-order valence-electron chi connectivity index (χ0n) is 9.83. The zero-order chi connectivity index (χ0) is 12.0. The molecule has 2 fully saturated rings. The van der Waals surface area contributed by atoms with Crippen LogP contribution in [0.1, 0.15) is 33.6 Å². The van der Waals surface area contributed by atoms with Gasteiger partial charge in [0.1, 0.15) is 12.2 Å². The predicted molar refractivity (Wildman–Crippen MR) is 55.8 cm³/mol. The van der Waals surface area contributed by atoms with E-state index in [9.17, 15) is 9.59 Å². The van der Waals surface area contributed by atoms with E-state index in [0.717, 1.165) is 0 Å². The van der Waals surface area contributed by atoms with Crippen LogP contribution in [0, 0.1) is 5.92 Å². The van der Waals surface area contributed by atoms with Crippen LogP contribution in [-0.2, 0) is 14.3 Å². The Hall–Kier alpha value is -1.26. The maximum absolute atomic E-state index is 11.7. The molecule has 1 amide bonds. The number of carbonyl (C=O) groups is 2. The molecule has 0 aromatic rings. The van der Waals surface area contributed by atoms with Crippen molar-refractivity contribution in [2.24, 2.45) is 5.92 Å². The maximum atomic E-state index is 11.7. The molecule has 0 radical (unpaired) electrons. The molecule has 0 atom stereocenters. The number of carbonyl (C=O) groups excluding carboxylic acids is 2. The minimum Gasteiger partial charge on any atom is -0.460 e. The van der Waals surface area contributed by atoms with Crippen LogP contribution >= 0.6 is 0 Å². The topological polar surface area (TPSA) is 64.6 Å². The van der Waals surface area contributed by atoms with Gasteiger partial charge in [0.15, 0.2) is 0 Å². The van der Waals surface area contributed by atoms with E-state index in [1.54, 1.807) is 0 Å². The lowest BCUT2D eigenvalue weighted by molar-refractivity contribution is -0.166. The molecule has 5 heteroatoms. The molecular weight excluding hydrogens is 210 g/mol. The minimum atomic E-state index is -0.449. The molecule has 16 heavy (non-hydrogen) atoms. The Morgan fingerprint density at radius 3 is 2.56 bits per heavy atom. The van der Waals surface area contributed by atoms with Gasteiger partial charge in [-0.15, -0.1) is 0 Å². The highest BCUT2D eigenvalue weighted by Crippen LogP contribution is 2.41. The fourth-order valence-corrected chi connectivity index (χ4v) is 2.15. The average Bonchev–Trinajstić information content (AvgIpc) is 2.41. The molecular formula is C11H17NO4. The van der Waals surface area contributed by atoms with Crippen molar-refractivity contribution in [2.75, 3.05) is 6.61 Å². The molecule has 1 heterocycles. The van der Waals surface area contributed by atoms with Crippen molar-refractivity contribution in [1.29, 1.82) is 0 Å². The summed E-state index contributed by atoms with van der Waals surface area (Å²) in [7, 11) is 0. The first-order valence-electron chi connectivity index (χ1n) is 5.48. The lowest BCUT2D eigenvalue weighted by Gasteiger charge is -2.42. The maximum Gasteiger partial charge on any atom is 0.407 e. The number of alkyl carbamates (subject to hydrolysis) is 1. The Labute approximate surface area is 94.5 Å². The van der Waals surface area contributed by atoms with E-state index in [1.165, 1.54) is 0 Å². The van der Waals surface area contributed by atoms with Crippen molar-refractivity contribution in [3.8, 4) is 0 Å². The fraction of sp³-hybridized carbons (Fsp3) is 0.818. The number of cyclic esters (lactones) is 1. The fourth-order valence-electron chi connectivity index (χ4n) is 2.15. The lowest BCUT2D eigenvalue weighted by atomic mass is 9.69. The summed E-state index contributed by atoms with van der Waals surface area (Å²) in [6, 6.07) is 0. The molecule has 2 rings (SSSR count). The second-order valence-corrected chi connectivity index (χ2v) is 5.62. The van der Waals surface area contributed by atoms with Gasteiger partial charge in [-0.3, -0.25) is 4.79 Å². The average molecular weight is 227 g/mol. The number of amides is 1. The second-order valence-electron chi connectivity index (χ2n) is 5.62. The van der Waals surface area contributed by atoms with Gasteiger partial charge in [-0.05, 0) is 33.6 Å². The molecule has 90 valence electrons. The van der Waals surface area contributed by atoms with Crippen LogP contribution in [-0.4, -0.2) is 29.8 Å². The van der Waals surface area contributed by atoms with E-state index < -0.39 is 5.60 Å². The number of ether oxygens (including phenoxy) is 2. The third-order valence-electron chi connectivity index (χ3n) is 2.86. The van der Waals surface area contributed by atoms with Crippen LogP contribution in [0.4, 0.5) is 4.79 Å².